The Morgan fingerprint density at radius 1 is 1.12 bits per heavy atom. The van der Waals surface area contributed by atoms with Crippen molar-refractivity contribution < 1.29 is 53.1 Å². The van der Waals surface area contributed by atoms with E-state index in [1.54, 1.807) is 31.9 Å². The van der Waals surface area contributed by atoms with Gasteiger partial charge < -0.3 is 39.2 Å². The molecule has 0 aromatic heterocycles. The average Bonchev–Trinajstić information content (AvgIpc) is 4.00. The maximum absolute atomic E-state index is 14.7. The van der Waals surface area contributed by atoms with Crippen LogP contribution in [-0.4, -0.2) is 101 Å². The third-order valence-corrected chi connectivity index (χ3v) is 10.4. The van der Waals surface area contributed by atoms with Crippen molar-refractivity contribution >= 4 is 23.9 Å². The smallest absolute Gasteiger partial charge is 0.327 e. The summed E-state index contributed by atoms with van der Waals surface area (Å²) in [6, 6.07) is 5.76. The first-order valence-electron chi connectivity index (χ1n) is 17.6. The Kier molecular flexibility index (Phi) is 9.29. The van der Waals surface area contributed by atoms with Gasteiger partial charge in [-0.2, -0.15) is 5.06 Å². The molecule has 3 aliphatic carbocycles. The summed E-state index contributed by atoms with van der Waals surface area (Å²) in [7, 11) is 0. The summed E-state index contributed by atoms with van der Waals surface area (Å²) in [6.07, 6.45) is 4.80. The number of ether oxygens (including phenoxy) is 5. The molecule has 6 aliphatic rings. The van der Waals surface area contributed by atoms with Crippen LogP contribution < -0.4 is 5.32 Å². The number of hydrogen-bond acceptors (Lipinski definition) is 12. The number of esters is 2. The predicted octanol–water partition coefficient (Wildman–Crippen LogP) is 2.37. The molecular formula is C36H48N2O11. The number of benzene rings is 1. The molecule has 0 radical (unpaired) electrons. The molecule has 6 fully saturated rings. The molecule has 7 rings (SSSR count). The highest BCUT2D eigenvalue weighted by Crippen LogP contribution is 2.63. The van der Waals surface area contributed by atoms with Crippen molar-refractivity contribution in [3.8, 4) is 0 Å². The average molecular weight is 685 g/mol. The predicted molar refractivity (Wildman–Crippen MR) is 172 cm³/mol. The second-order valence-corrected chi connectivity index (χ2v) is 15.3. The summed E-state index contributed by atoms with van der Waals surface area (Å²) in [4.78, 5) is 47.8. The number of carbonyl (C=O) groups excluding carboxylic acids is 3. The van der Waals surface area contributed by atoms with Gasteiger partial charge in [0.15, 0.2) is 11.8 Å². The molecule has 3 saturated carbocycles. The van der Waals surface area contributed by atoms with Gasteiger partial charge in [-0.25, -0.2) is 0 Å². The van der Waals surface area contributed by atoms with Gasteiger partial charge in [0.25, 0.3) is 0 Å². The van der Waals surface area contributed by atoms with Gasteiger partial charge in [-0.1, -0.05) is 24.3 Å². The molecule has 1 amide bonds. The molecule has 49 heavy (non-hydrogen) atoms. The fraction of sp³-hybridized carbons (Fsp3) is 0.694. The van der Waals surface area contributed by atoms with Crippen LogP contribution in [0.2, 0.25) is 0 Å². The molecule has 13 nitrogen and oxygen atoms in total. The van der Waals surface area contributed by atoms with E-state index >= 15 is 0 Å². The summed E-state index contributed by atoms with van der Waals surface area (Å²) < 4.78 is 30.5. The summed E-state index contributed by atoms with van der Waals surface area (Å²) in [6.45, 7) is 5.20. The largest absolute Gasteiger partial charge is 0.499 e. The number of amides is 1. The van der Waals surface area contributed by atoms with E-state index in [-0.39, 0.29) is 50.9 Å². The summed E-state index contributed by atoms with van der Waals surface area (Å²) in [5.74, 6) is -1.73. The molecular weight excluding hydrogens is 636 g/mol. The van der Waals surface area contributed by atoms with Crippen LogP contribution >= 0.6 is 0 Å². The minimum Gasteiger partial charge on any atom is -0.499 e. The fourth-order valence-corrected chi connectivity index (χ4v) is 8.10. The monoisotopic (exact) mass is 684 g/mol. The first-order chi connectivity index (χ1) is 23.5. The number of hydroxylamine groups is 2. The Balaban J connectivity index is 1.17. The lowest BCUT2D eigenvalue weighted by atomic mass is 9.62. The summed E-state index contributed by atoms with van der Waals surface area (Å²) >= 11 is 0. The zero-order chi connectivity index (χ0) is 34.6. The van der Waals surface area contributed by atoms with Gasteiger partial charge in [0.1, 0.15) is 42.0 Å². The number of fused-ring (bicyclic) bond motifs is 4. The van der Waals surface area contributed by atoms with Crippen LogP contribution in [0, 0.1) is 17.3 Å². The molecule has 7 atom stereocenters. The first kappa shape index (κ1) is 34.4. The second kappa shape index (κ2) is 13.2. The molecule has 7 unspecified atom stereocenters. The maximum atomic E-state index is 14.7. The highest BCUT2D eigenvalue weighted by atomic mass is 16.8. The van der Waals surface area contributed by atoms with Crippen molar-refractivity contribution in [2.24, 2.45) is 17.3 Å². The Hall–Kier alpha value is -3.07. The van der Waals surface area contributed by atoms with E-state index in [1.807, 2.05) is 24.3 Å². The van der Waals surface area contributed by atoms with Crippen molar-refractivity contribution in [3.05, 3.63) is 41.7 Å². The molecule has 268 valence electrons. The van der Waals surface area contributed by atoms with Gasteiger partial charge in [-0.05, 0) is 70.1 Å². The molecule has 0 spiro atoms. The Morgan fingerprint density at radius 2 is 1.86 bits per heavy atom. The van der Waals surface area contributed by atoms with Gasteiger partial charge in [0.2, 0.25) is 5.91 Å². The van der Waals surface area contributed by atoms with Gasteiger partial charge in [0, 0.05) is 24.7 Å². The van der Waals surface area contributed by atoms with Gasteiger partial charge in [0.05, 0.1) is 32.1 Å². The number of aliphatic hydroxyl groups excluding tert-OH is 2. The molecule has 2 bridgehead atoms. The molecule has 3 heterocycles. The van der Waals surface area contributed by atoms with Crippen molar-refractivity contribution in [1.82, 2.24) is 10.4 Å². The van der Waals surface area contributed by atoms with Gasteiger partial charge in [-0.15, -0.1) is 0 Å². The molecule has 13 heteroatoms. The lowest BCUT2D eigenvalue weighted by Gasteiger charge is -2.49. The van der Waals surface area contributed by atoms with E-state index in [2.05, 4.69) is 5.32 Å². The third kappa shape index (κ3) is 6.61. The van der Waals surface area contributed by atoms with Crippen LogP contribution in [-0.2, 0) is 49.5 Å². The highest BCUT2D eigenvalue weighted by molar-refractivity contribution is 5.93. The summed E-state index contributed by atoms with van der Waals surface area (Å²) in [5, 5.41) is 23.8. The lowest BCUT2D eigenvalue weighted by Crippen LogP contribution is -2.70. The van der Waals surface area contributed by atoms with Crippen molar-refractivity contribution in [3.63, 3.8) is 0 Å². The maximum Gasteiger partial charge on any atom is 0.327 e. The molecule has 3 saturated heterocycles. The topological polar surface area (TPSA) is 162 Å². The van der Waals surface area contributed by atoms with E-state index in [4.69, 9.17) is 33.6 Å². The Morgan fingerprint density at radius 3 is 2.53 bits per heavy atom. The van der Waals surface area contributed by atoms with Crippen molar-refractivity contribution in [1.29, 1.82) is 0 Å². The number of rotatable bonds is 14. The first-order valence-corrected chi connectivity index (χ1v) is 17.6. The fourth-order valence-electron chi connectivity index (χ4n) is 8.10. The Labute approximate surface area is 286 Å². The van der Waals surface area contributed by atoms with Crippen LogP contribution in [0.3, 0.4) is 0 Å². The number of nitrogens with zero attached hydrogens (tertiary/aromatic N) is 1. The lowest BCUT2D eigenvalue weighted by molar-refractivity contribution is -0.235. The molecule has 1 aromatic rings. The molecule has 3 N–H and O–H groups in total. The normalized spacial score (nSPS) is 32.4. The zero-order valence-electron chi connectivity index (χ0n) is 28.4. The minimum atomic E-state index is -1.40. The SMILES string of the molecule is CC(C)(C)OC(=O)CCC(CO)NC(=O)C12CC3OC(=O)C1N(Cc1cccc(C=COCCO)c1)OC2C1OC(C2CC2)(C2CC2)OC31. The zero-order valence-corrected chi connectivity index (χ0v) is 28.4. The van der Waals surface area contributed by atoms with Gasteiger partial charge >= 0.3 is 11.9 Å². The van der Waals surface area contributed by atoms with Crippen molar-refractivity contribution in [2.45, 2.75) is 120 Å². The second-order valence-electron chi connectivity index (χ2n) is 15.3. The quantitative estimate of drug-likeness (QED) is 0.149. The van der Waals surface area contributed by atoms with Crippen molar-refractivity contribution in [2.75, 3.05) is 19.8 Å². The highest BCUT2D eigenvalue weighted by Gasteiger charge is 2.78. The summed E-state index contributed by atoms with van der Waals surface area (Å²) in [5.41, 5.74) is -0.396. The standard InChI is InChI=1S/C36H48N2O11/c1-34(2,3)46-27(41)12-11-25(20-40)37-33(43)35-18-26-28-29(48-36(47-28,23-7-8-23)24-9-10-24)31(35)49-38(30(35)32(42)45-26)19-22-6-4-5-21(17-22)13-15-44-16-14-39/h4-6,13,15,17,23-26,28-31,39-40H,7-12,14,16,18-20H2,1-3H3,(H,37,43). The van der Waals surface area contributed by atoms with Crippen LogP contribution in [0.15, 0.2) is 30.5 Å². The van der Waals surface area contributed by atoms with Crippen LogP contribution in [0.5, 0.6) is 0 Å². The number of carbonyl (C=O) groups is 3. The third-order valence-electron chi connectivity index (χ3n) is 10.4. The number of nitrogens with one attached hydrogen (secondary N) is 1. The molecule has 1 aromatic carbocycles. The molecule has 3 aliphatic heterocycles. The van der Waals surface area contributed by atoms with Crippen LogP contribution in [0.4, 0.5) is 0 Å². The van der Waals surface area contributed by atoms with E-state index in [0.717, 1.165) is 36.8 Å². The van der Waals surface area contributed by atoms with E-state index in [0.29, 0.717) is 0 Å². The van der Waals surface area contributed by atoms with E-state index in [9.17, 15) is 19.5 Å². The minimum absolute atomic E-state index is 0.00129. The number of aliphatic hydroxyl groups is 2. The van der Waals surface area contributed by atoms with E-state index in [1.165, 1.54) is 6.26 Å². The van der Waals surface area contributed by atoms with E-state index < -0.39 is 77.8 Å². The van der Waals surface area contributed by atoms with Crippen LogP contribution in [0.25, 0.3) is 6.08 Å². The van der Waals surface area contributed by atoms with Crippen LogP contribution in [0.1, 0.15) is 76.8 Å². The Bertz CT molecular complexity index is 1440. The number of hydrogen-bond donors (Lipinski definition) is 3. The van der Waals surface area contributed by atoms with Gasteiger partial charge in [-0.3, -0.25) is 19.2 Å².